The lowest BCUT2D eigenvalue weighted by molar-refractivity contribution is -0.131. The summed E-state index contributed by atoms with van der Waals surface area (Å²) in [4.78, 5) is 14.0. The van der Waals surface area contributed by atoms with Gasteiger partial charge in [0.05, 0.1) is 10.0 Å². The number of rotatable bonds is 4. The normalized spacial score (nSPS) is 16.6. The molecule has 0 saturated carbocycles. The maximum Gasteiger partial charge on any atom is 0.224 e. The van der Waals surface area contributed by atoms with Crippen molar-refractivity contribution < 1.29 is 4.79 Å². The van der Waals surface area contributed by atoms with Crippen LogP contribution >= 0.6 is 23.2 Å². The first-order valence-electron chi connectivity index (χ1n) is 7.10. The van der Waals surface area contributed by atoms with E-state index >= 15 is 0 Å². The van der Waals surface area contributed by atoms with E-state index in [1.54, 1.807) is 0 Å². The molecule has 0 unspecified atom stereocenters. The van der Waals surface area contributed by atoms with Gasteiger partial charge in [-0.1, -0.05) is 35.3 Å². The number of amides is 1. The van der Waals surface area contributed by atoms with Gasteiger partial charge < -0.3 is 10.2 Å². The molecular formula is C16H20Cl2N2O. The fraction of sp³-hybridized carbons (Fsp3) is 0.438. The molecular weight excluding hydrogens is 307 g/mol. The molecule has 0 fully saturated rings. The first-order chi connectivity index (χ1) is 10.0. The first kappa shape index (κ1) is 16.3. The third-order valence-electron chi connectivity index (χ3n) is 3.83. The summed E-state index contributed by atoms with van der Waals surface area (Å²) in [6.45, 7) is 3.42. The molecule has 21 heavy (non-hydrogen) atoms. The van der Waals surface area contributed by atoms with E-state index in [1.807, 2.05) is 37.1 Å². The van der Waals surface area contributed by atoms with Gasteiger partial charge in [-0.3, -0.25) is 4.79 Å². The Balaban J connectivity index is 2.01. The molecule has 1 amide bonds. The van der Waals surface area contributed by atoms with Crippen LogP contribution < -0.4 is 5.32 Å². The zero-order valence-electron chi connectivity index (χ0n) is 12.3. The molecule has 1 heterocycles. The number of carbonyl (C=O) groups is 1. The number of nitrogens with zero attached hydrogens (tertiary/aromatic N) is 1. The first-order valence-corrected chi connectivity index (χ1v) is 7.86. The van der Waals surface area contributed by atoms with Crippen molar-refractivity contribution >= 4 is 34.7 Å². The van der Waals surface area contributed by atoms with Crippen LogP contribution in [0.5, 0.6) is 0 Å². The van der Waals surface area contributed by atoms with Gasteiger partial charge >= 0.3 is 0 Å². The minimum Gasteiger partial charge on any atom is -0.339 e. The second-order valence-electron chi connectivity index (χ2n) is 5.34. The van der Waals surface area contributed by atoms with E-state index in [1.165, 1.54) is 5.57 Å². The van der Waals surface area contributed by atoms with Gasteiger partial charge in [-0.2, -0.15) is 0 Å². The second kappa shape index (κ2) is 7.30. The highest BCUT2D eigenvalue weighted by Gasteiger charge is 2.19. The molecule has 0 radical (unpaired) electrons. The third kappa shape index (κ3) is 4.22. The molecule has 114 valence electrons. The lowest BCUT2D eigenvalue weighted by Crippen LogP contribution is -2.38. The average molecular weight is 327 g/mol. The Hall–Kier alpha value is -1.03. The summed E-state index contributed by atoms with van der Waals surface area (Å²) in [5.74, 6) is 0.196. The Labute approximate surface area is 135 Å². The molecule has 1 aliphatic rings. The number of hydrogen-bond acceptors (Lipinski definition) is 2. The molecule has 1 aromatic carbocycles. The SMILES string of the molecule is CN[C@H](C)CC(=O)N1CC=C(c2ccc(Cl)c(Cl)c2)CC1. The summed E-state index contributed by atoms with van der Waals surface area (Å²) < 4.78 is 0. The van der Waals surface area contributed by atoms with Gasteiger partial charge in [-0.15, -0.1) is 0 Å². The molecule has 5 heteroatoms. The van der Waals surface area contributed by atoms with Gasteiger partial charge in [0.15, 0.2) is 0 Å². The summed E-state index contributed by atoms with van der Waals surface area (Å²) in [6.07, 6.45) is 3.48. The summed E-state index contributed by atoms with van der Waals surface area (Å²) in [5, 5.41) is 4.22. The molecule has 0 spiro atoms. The van der Waals surface area contributed by atoms with Crippen LogP contribution in [0.15, 0.2) is 24.3 Å². The van der Waals surface area contributed by atoms with Crippen LogP contribution in [-0.4, -0.2) is 37.0 Å². The fourth-order valence-corrected chi connectivity index (χ4v) is 2.64. The lowest BCUT2D eigenvalue weighted by atomic mass is 9.99. The Morgan fingerprint density at radius 1 is 1.38 bits per heavy atom. The Kier molecular flexibility index (Phi) is 5.68. The number of carbonyl (C=O) groups excluding carboxylic acids is 1. The van der Waals surface area contributed by atoms with Gasteiger partial charge in [-0.05, 0) is 43.7 Å². The van der Waals surface area contributed by atoms with E-state index in [2.05, 4.69) is 11.4 Å². The molecule has 0 bridgehead atoms. The summed E-state index contributed by atoms with van der Waals surface area (Å²) in [5.41, 5.74) is 2.30. The van der Waals surface area contributed by atoms with E-state index in [4.69, 9.17) is 23.2 Å². The maximum absolute atomic E-state index is 12.1. The average Bonchev–Trinajstić information content (AvgIpc) is 2.50. The zero-order chi connectivity index (χ0) is 15.4. The number of nitrogens with one attached hydrogen (secondary N) is 1. The molecule has 0 aliphatic carbocycles. The van der Waals surface area contributed by atoms with Crippen LogP contribution in [0, 0.1) is 0 Å². The highest BCUT2D eigenvalue weighted by atomic mass is 35.5. The molecule has 2 rings (SSSR count). The minimum atomic E-state index is 0.196. The lowest BCUT2D eigenvalue weighted by Gasteiger charge is -2.27. The van der Waals surface area contributed by atoms with E-state index in [9.17, 15) is 4.79 Å². The smallest absolute Gasteiger partial charge is 0.224 e. The topological polar surface area (TPSA) is 32.3 Å². The van der Waals surface area contributed by atoms with Crippen molar-refractivity contribution in [2.45, 2.75) is 25.8 Å². The van der Waals surface area contributed by atoms with Crippen LogP contribution in [0.3, 0.4) is 0 Å². The monoisotopic (exact) mass is 326 g/mol. The van der Waals surface area contributed by atoms with Gasteiger partial charge in [-0.25, -0.2) is 0 Å². The van der Waals surface area contributed by atoms with E-state index in [0.717, 1.165) is 18.5 Å². The van der Waals surface area contributed by atoms with Crippen LogP contribution in [0.4, 0.5) is 0 Å². The van der Waals surface area contributed by atoms with Gasteiger partial charge in [0.2, 0.25) is 5.91 Å². The molecule has 0 saturated heterocycles. The van der Waals surface area contributed by atoms with Gasteiger partial charge in [0, 0.05) is 25.6 Å². The summed E-state index contributed by atoms with van der Waals surface area (Å²) in [7, 11) is 1.87. The summed E-state index contributed by atoms with van der Waals surface area (Å²) >= 11 is 12.0. The van der Waals surface area contributed by atoms with E-state index < -0.39 is 0 Å². The van der Waals surface area contributed by atoms with Crippen molar-refractivity contribution in [2.75, 3.05) is 20.1 Å². The predicted octanol–water partition coefficient (Wildman–Crippen LogP) is 3.61. The molecule has 1 aromatic rings. The van der Waals surface area contributed by atoms with Crippen molar-refractivity contribution in [3.63, 3.8) is 0 Å². The second-order valence-corrected chi connectivity index (χ2v) is 6.16. The fourth-order valence-electron chi connectivity index (χ4n) is 2.35. The van der Waals surface area contributed by atoms with Crippen LogP contribution in [-0.2, 0) is 4.79 Å². The highest BCUT2D eigenvalue weighted by Crippen LogP contribution is 2.29. The number of hydrogen-bond donors (Lipinski definition) is 1. The molecule has 0 aromatic heterocycles. The van der Waals surface area contributed by atoms with Gasteiger partial charge in [0.1, 0.15) is 0 Å². The van der Waals surface area contributed by atoms with Gasteiger partial charge in [0.25, 0.3) is 0 Å². The zero-order valence-corrected chi connectivity index (χ0v) is 13.8. The minimum absolute atomic E-state index is 0.196. The van der Waals surface area contributed by atoms with Crippen molar-refractivity contribution in [3.05, 3.63) is 39.9 Å². The quantitative estimate of drug-likeness (QED) is 0.916. The Morgan fingerprint density at radius 3 is 2.71 bits per heavy atom. The van der Waals surface area contributed by atoms with Crippen LogP contribution in [0.25, 0.3) is 5.57 Å². The molecule has 1 atom stereocenters. The number of benzene rings is 1. The van der Waals surface area contributed by atoms with Crippen molar-refractivity contribution in [1.29, 1.82) is 0 Å². The van der Waals surface area contributed by atoms with Crippen molar-refractivity contribution in [3.8, 4) is 0 Å². The summed E-state index contributed by atoms with van der Waals surface area (Å²) in [6, 6.07) is 5.88. The molecule has 1 aliphatic heterocycles. The van der Waals surface area contributed by atoms with E-state index in [0.29, 0.717) is 23.0 Å². The third-order valence-corrected chi connectivity index (χ3v) is 4.56. The number of halogens is 2. The van der Waals surface area contributed by atoms with Crippen LogP contribution in [0.2, 0.25) is 10.0 Å². The largest absolute Gasteiger partial charge is 0.339 e. The highest BCUT2D eigenvalue weighted by molar-refractivity contribution is 6.42. The van der Waals surface area contributed by atoms with Crippen molar-refractivity contribution in [1.82, 2.24) is 10.2 Å². The maximum atomic E-state index is 12.1. The Morgan fingerprint density at radius 2 is 2.14 bits per heavy atom. The van der Waals surface area contributed by atoms with E-state index in [-0.39, 0.29) is 11.9 Å². The predicted molar refractivity (Wildman–Crippen MR) is 88.8 cm³/mol. The molecule has 1 N–H and O–H groups in total. The van der Waals surface area contributed by atoms with Crippen molar-refractivity contribution in [2.24, 2.45) is 0 Å². The van der Waals surface area contributed by atoms with Crippen LogP contribution in [0.1, 0.15) is 25.3 Å². The Bertz CT molecular complexity index is 557. The molecule has 3 nitrogen and oxygen atoms in total. The standard InChI is InChI=1S/C16H20Cl2N2O/c1-11(19-2)9-16(21)20-7-5-12(6-8-20)13-3-4-14(17)15(18)10-13/h3-5,10-11,19H,6-9H2,1-2H3/t11-/m1/s1.